The Bertz CT molecular complexity index is 1460. The molecule has 3 aromatic rings. The third kappa shape index (κ3) is 6.94. The van der Waals surface area contributed by atoms with Crippen LogP contribution in [0.4, 0.5) is 24.5 Å². The molecule has 2 N–H and O–H groups in total. The molecule has 0 saturated carbocycles. The van der Waals surface area contributed by atoms with Gasteiger partial charge in [-0.3, -0.25) is 0 Å². The van der Waals surface area contributed by atoms with Crippen LogP contribution in [0.25, 0.3) is 10.9 Å². The first kappa shape index (κ1) is 27.7. The van der Waals surface area contributed by atoms with Crippen LogP contribution in [0.5, 0.6) is 5.75 Å². The number of rotatable bonds is 7. The van der Waals surface area contributed by atoms with Crippen LogP contribution in [0, 0.1) is 11.8 Å². The molecule has 0 spiro atoms. The first-order chi connectivity index (χ1) is 17.9. The van der Waals surface area contributed by atoms with Gasteiger partial charge in [0.05, 0.1) is 29.8 Å². The highest BCUT2D eigenvalue weighted by Gasteiger charge is 2.28. The lowest BCUT2D eigenvalue weighted by Gasteiger charge is -2.30. The number of methoxy groups -OCH3 is 1. The maximum absolute atomic E-state index is 13.2. The normalized spacial score (nSPS) is 15.2. The minimum Gasteiger partial charge on any atom is -0.497 e. The molecule has 1 aromatic heterocycles. The highest BCUT2D eigenvalue weighted by Crippen LogP contribution is 2.31. The number of hydrogen-bond donors (Lipinski definition) is 2. The average Bonchev–Trinajstić information content (AvgIpc) is 3.23. The van der Waals surface area contributed by atoms with Gasteiger partial charge in [-0.05, 0) is 63.3 Å². The van der Waals surface area contributed by atoms with Crippen LogP contribution < -0.4 is 15.4 Å². The fraction of sp³-hybridized carbons (Fsp3) is 0.407. The van der Waals surface area contributed by atoms with Gasteiger partial charge >= 0.3 is 6.18 Å². The number of halogens is 3. The molecule has 38 heavy (non-hydrogen) atoms. The van der Waals surface area contributed by atoms with E-state index >= 15 is 0 Å². The van der Waals surface area contributed by atoms with Gasteiger partial charge in [0.1, 0.15) is 12.3 Å². The highest BCUT2D eigenvalue weighted by atomic mass is 32.2. The number of nitrogens with zero attached hydrogens (tertiary/aromatic N) is 2. The zero-order valence-corrected chi connectivity index (χ0v) is 22.3. The molecule has 2 heterocycles. The minimum atomic E-state index is -4.35. The number of piperidine rings is 1. The fourth-order valence-electron chi connectivity index (χ4n) is 4.57. The van der Waals surface area contributed by atoms with Crippen LogP contribution in [-0.2, 0) is 16.4 Å². The van der Waals surface area contributed by atoms with Crippen molar-refractivity contribution in [3.8, 4) is 17.6 Å². The zero-order chi connectivity index (χ0) is 27.5. The summed E-state index contributed by atoms with van der Waals surface area (Å²) in [6.45, 7) is 0.920. The van der Waals surface area contributed by atoms with Crippen molar-refractivity contribution in [2.24, 2.45) is 0 Å². The molecule has 0 bridgehead atoms. The van der Waals surface area contributed by atoms with Gasteiger partial charge in [-0.25, -0.2) is 8.42 Å². The van der Waals surface area contributed by atoms with E-state index in [0.717, 1.165) is 37.9 Å². The Labute approximate surface area is 220 Å². The molecule has 7 nitrogen and oxygen atoms in total. The lowest BCUT2D eigenvalue weighted by molar-refractivity contribution is -0.139. The summed E-state index contributed by atoms with van der Waals surface area (Å²) < 4.78 is 70.3. The van der Waals surface area contributed by atoms with E-state index in [1.54, 1.807) is 24.3 Å². The molecule has 1 aliphatic heterocycles. The molecule has 1 aliphatic rings. The van der Waals surface area contributed by atoms with Crippen LogP contribution in [0.15, 0.2) is 47.5 Å². The standard InChI is InChI=1S/C27H31F3N4O3S/c1-33-12-8-20(9-13-33)32-23-15-19(16-25-22(23)10-14-34(25)18-27(28,29)30)5-4-11-31-24-17-21(37-2)6-7-26(24)38(3,35)36/h6-7,10,14-17,20,31-32H,8-9,11-13,18H2,1-3H3. The van der Waals surface area contributed by atoms with Crippen molar-refractivity contribution in [3.05, 3.63) is 48.2 Å². The number of likely N-dealkylation sites (tertiary alicyclic amines) is 1. The maximum atomic E-state index is 13.2. The molecule has 0 atom stereocenters. The van der Waals surface area contributed by atoms with E-state index in [9.17, 15) is 21.6 Å². The summed E-state index contributed by atoms with van der Waals surface area (Å²) in [6, 6.07) is 10.0. The van der Waals surface area contributed by atoms with Crippen molar-refractivity contribution in [2.45, 2.75) is 36.5 Å². The minimum absolute atomic E-state index is 0.120. The highest BCUT2D eigenvalue weighted by molar-refractivity contribution is 7.90. The van der Waals surface area contributed by atoms with Gasteiger partial charge in [0, 0.05) is 41.2 Å². The largest absolute Gasteiger partial charge is 0.497 e. The molecule has 1 fully saturated rings. The number of aromatic nitrogens is 1. The zero-order valence-electron chi connectivity index (χ0n) is 21.5. The van der Waals surface area contributed by atoms with Gasteiger partial charge in [0.2, 0.25) is 0 Å². The van der Waals surface area contributed by atoms with Crippen LogP contribution in [-0.4, -0.2) is 70.2 Å². The Kier molecular flexibility index (Phi) is 8.13. The number of alkyl halides is 3. The quantitative estimate of drug-likeness (QED) is 0.421. The van der Waals surface area contributed by atoms with E-state index < -0.39 is 22.6 Å². The van der Waals surface area contributed by atoms with Crippen molar-refractivity contribution in [3.63, 3.8) is 0 Å². The van der Waals surface area contributed by atoms with Crippen LogP contribution >= 0.6 is 0 Å². The second-order valence-corrected chi connectivity index (χ2v) is 11.5. The summed E-state index contributed by atoms with van der Waals surface area (Å²) in [4.78, 5) is 2.37. The molecular weight excluding hydrogens is 517 g/mol. The van der Waals surface area contributed by atoms with Crippen molar-refractivity contribution in [1.82, 2.24) is 9.47 Å². The summed E-state index contributed by atoms with van der Waals surface area (Å²) in [7, 11) is 0.0760. The lowest BCUT2D eigenvalue weighted by atomic mass is 10.0. The van der Waals surface area contributed by atoms with E-state index in [2.05, 4.69) is 34.4 Å². The Balaban J connectivity index is 1.62. The molecule has 4 rings (SSSR count). The van der Waals surface area contributed by atoms with Crippen molar-refractivity contribution in [2.75, 3.05) is 50.7 Å². The summed E-state index contributed by atoms with van der Waals surface area (Å²) in [5, 5.41) is 7.26. The number of fused-ring (bicyclic) bond motifs is 1. The molecule has 0 aliphatic carbocycles. The monoisotopic (exact) mass is 548 g/mol. The predicted molar refractivity (Wildman–Crippen MR) is 144 cm³/mol. The van der Waals surface area contributed by atoms with Gasteiger partial charge in [-0.2, -0.15) is 13.2 Å². The average molecular weight is 549 g/mol. The van der Waals surface area contributed by atoms with Gasteiger partial charge < -0.3 is 24.8 Å². The summed E-state index contributed by atoms with van der Waals surface area (Å²) in [5.74, 6) is 6.48. The number of benzene rings is 2. The van der Waals surface area contributed by atoms with Crippen LogP contribution in [0.3, 0.4) is 0 Å². The summed E-state index contributed by atoms with van der Waals surface area (Å²) in [6.07, 6.45) is 0.0871. The second-order valence-electron chi connectivity index (χ2n) is 9.53. The van der Waals surface area contributed by atoms with E-state index in [0.29, 0.717) is 27.9 Å². The lowest BCUT2D eigenvalue weighted by Crippen LogP contribution is -2.36. The first-order valence-corrected chi connectivity index (χ1v) is 14.1. The maximum Gasteiger partial charge on any atom is 0.406 e. The summed E-state index contributed by atoms with van der Waals surface area (Å²) >= 11 is 0. The smallest absolute Gasteiger partial charge is 0.406 e. The number of anilines is 2. The molecule has 1 saturated heterocycles. The summed E-state index contributed by atoms with van der Waals surface area (Å²) in [5.41, 5.74) is 2.12. The number of hydrogen-bond acceptors (Lipinski definition) is 6. The van der Waals surface area contributed by atoms with Gasteiger partial charge in [-0.1, -0.05) is 11.8 Å². The Morgan fingerprint density at radius 3 is 2.50 bits per heavy atom. The van der Waals surface area contributed by atoms with Gasteiger partial charge in [0.15, 0.2) is 9.84 Å². The SMILES string of the molecule is COc1ccc(S(C)(=O)=O)c(NCC#Cc2cc(NC3CCN(C)CC3)c3ccn(CC(F)(F)F)c3c2)c1. The topological polar surface area (TPSA) is 75.6 Å². The third-order valence-electron chi connectivity index (χ3n) is 6.50. The molecule has 204 valence electrons. The number of ether oxygens (including phenoxy) is 1. The van der Waals surface area contributed by atoms with Crippen molar-refractivity contribution in [1.29, 1.82) is 0 Å². The molecular formula is C27H31F3N4O3S. The fourth-order valence-corrected chi connectivity index (χ4v) is 5.42. The molecule has 0 radical (unpaired) electrons. The first-order valence-electron chi connectivity index (χ1n) is 12.2. The number of sulfone groups is 1. The third-order valence-corrected chi connectivity index (χ3v) is 7.66. The molecule has 11 heteroatoms. The molecule has 0 amide bonds. The molecule has 2 aromatic carbocycles. The van der Waals surface area contributed by atoms with E-state index in [4.69, 9.17) is 4.74 Å². The second kappa shape index (κ2) is 11.2. The van der Waals surface area contributed by atoms with Crippen LogP contribution in [0.2, 0.25) is 0 Å². The van der Waals surface area contributed by atoms with E-state index in [1.807, 2.05) is 6.07 Å². The Morgan fingerprint density at radius 1 is 1.11 bits per heavy atom. The Morgan fingerprint density at radius 2 is 1.84 bits per heavy atom. The van der Waals surface area contributed by atoms with Gasteiger partial charge in [0.25, 0.3) is 0 Å². The number of nitrogens with one attached hydrogen (secondary N) is 2. The van der Waals surface area contributed by atoms with E-state index in [1.165, 1.54) is 23.9 Å². The van der Waals surface area contributed by atoms with Crippen LogP contribution in [0.1, 0.15) is 18.4 Å². The Hall–Kier alpha value is -3.36. The van der Waals surface area contributed by atoms with Crippen molar-refractivity contribution < 1.29 is 26.3 Å². The van der Waals surface area contributed by atoms with E-state index in [-0.39, 0.29) is 17.5 Å². The molecule has 0 unspecified atom stereocenters. The van der Waals surface area contributed by atoms with Crippen molar-refractivity contribution >= 4 is 32.1 Å². The predicted octanol–water partition coefficient (Wildman–Crippen LogP) is 4.59. The van der Waals surface area contributed by atoms with Gasteiger partial charge in [-0.15, -0.1) is 0 Å².